The predicted octanol–water partition coefficient (Wildman–Crippen LogP) is 3.50. The Balaban J connectivity index is 2.06. The standard InChI is InChI=1S/C18H23FN2O2S/c1-2-3-9-21(10-6-11-22)18(23)16-13-24-17(20-16)12-14-7-4-5-8-15(14)19/h4-5,7-8,13,22H,2-3,6,9-12H2,1H3. The largest absolute Gasteiger partial charge is 0.396 e. The molecule has 1 amide bonds. The van der Waals surface area contributed by atoms with Crippen molar-refractivity contribution in [2.75, 3.05) is 19.7 Å². The monoisotopic (exact) mass is 350 g/mol. The summed E-state index contributed by atoms with van der Waals surface area (Å²) in [5, 5.41) is 11.5. The number of amides is 1. The molecule has 130 valence electrons. The third kappa shape index (κ3) is 5.11. The second-order valence-electron chi connectivity index (χ2n) is 5.62. The highest BCUT2D eigenvalue weighted by Gasteiger charge is 2.18. The van der Waals surface area contributed by atoms with Crippen LogP contribution in [0, 0.1) is 5.82 Å². The molecule has 0 bridgehead atoms. The molecule has 0 aliphatic heterocycles. The number of carbonyl (C=O) groups excluding carboxylic acids is 1. The predicted molar refractivity (Wildman–Crippen MR) is 93.8 cm³/mol. The number of hydrogen-bond donors (Lipinski definition) is 1. The fourth-order valence-corrected chi connectivity index (χ4v) is 3.17. The van der Waals surface area contributed by atoms with Crippen LogP contribution < -0.4 is 0 Å². The lowest BCUT2D eigenvalue weighted by atomic mass is 10.1. The number of unbranched alkanes of at least 4 members (excludes halogenated alkanes) is 1. The summed E-state index contributed by atoms with van der Waals surface area (Å²) in [5.41, 5.74) is 0.981. The number of nitrogens with zero attached hydrogens (tertiary/aromatic N) is 2. The van der Waals surface area contributed by atoms with Crippen LogP contribution >= 0.6 is 11.3 Å². The smallest absolute Gasteiger partial charge is 0.273 e. The molecular formula is C18H23FN2O2S. The van der Waals surface area contributed by atoms with Crippen molar-refractivity contribution in [1.29, 1.82) is 0 Å². The summed E-state index contributed by atoms with van der Waals surface area (Å²) in [6.45, 7) is 3.32. The summed E-state index contributed by atoms with van der Waals surface area (Å²) >= 11 is 1.37. The SMILES string of the molecule is CCCCN(CCCO)C(=O)c1csc(Cc2ccccc2F)n1. The first-order valence-corrected chi connectivity index (χ1v) is 9.11. The quantitative estimate of drug-likeness (QED) is 0.753. The molecule has 0 aliphatic carbocycles. The van der Waals surface area contributed by atoms with Crippen LogP contribution in [-0.4, -0.2) is 40.6 Å². The van der Waals surface area contributed by atoms with E-state index in [0.717, 1.165) is 17.8 Å². The first-order valence-electron chi connectivity index (χ1n) is 8.23. The highest BCUT2D eigenvalue weighted by Crippen LogP contribution is 2.18. The number of thiazole rings is 1. The molecule has 2 aromatic rings. The van der Waals surface area contributed by atoms with Crippen molar-refractivity contribution in [2.24, 2.45) is 0 Å². The lowest BCUT2D eigenvalue weighted by molar-refractivity contribution is 0.0737. The highest BCUT2D eigenvalue weighted by atomic mass is 32.1. The molecule has 0 saturated heterocycles. The first kappa shape index (κ1) is 18.5. The molecule has 1 N–H and O–H groups in total. The minimum atomic E-state index is -0.256. The van der Waals surface area contributed by atoms with E-state index in [9.17, 15) is 9.18 Å². The van der Waals surface area contributed by atoms with E-state index >= 15 is 0 Å². The average molecular weight is 350 g/mol. The number of rotatable bonds is 9. The second-order valence-corrected chi connectivity index (χ2v) is 6.56. The van der Waals surface area contributed by atoms with E-state index in [2.05, 4.69) is 11.9 Å². The Hall–Kier alpha value is -1.79. The van der Waals surface area contributed by atoms with Gasteiger partial charge < -0.3 is 10.0 Å². The van der Waals surface area contributed by atoms with E-state index in [-0.39, 0.29) is 18.3 Å². The van der Waals surface area contributed by atoms with Crippen LogP contribution in [-0.2, 0) is 6.42 Å². The van der Waals surface area contributed by atoms with Gasteiger partial charge in [-0.1, -0.05) is 31.5 Å². The average Bonchev–Trinajstić information content (AvgIpc) is 3.05. The summed E-state index contributed by atoms with van der Waals surface area (Å²) < 4.78 is 13.7. The Morgan fingerprint density at radius 3 is 2.75 bits per heavy atom. The van der Waals surface area contributed by atoms with Crippen molar-refractivity contribution in [3.63, 3.8) is 0 Å². The Bertz CT molecular complexity index is 652. The normalized spacial score (nSPS) is 10.8. The number of hydrogen-bond acceptors (Lipinski definition) is 4. The van der Waals surface area contributed by atoms with E-state index in [1.165, 1.54) is 17.4 Å². The summed E-state index contributed by atoms with van der Waals surface area (Å²) in [6.07, 6.45) is 2.86. The number of aromatic nitrogens is 1. The molecule has 0 unspecified atom stereocenters. The molecule has 6 heteroatoms. The summed E-state index contributed by atoms with van der Waals surface area (Å²) in [6, 6.07) is 6.60. The van der Waals surface area contributed by atoms with Crippen LogP contribution in [0.1, 0.15) is 47.2 Å². The van der Waals surface area contributed by atoms with Gasteiger partial charge >= 0.3 is 0 Å². The third-order valence-corrected chi connectivity index (χ3v) is 4.57. The number of carbonyl (C=O) groups is 1. The molecular weight excluding hydrogens is 327 g/mol. The maximum absolute atomic E-state index is 13.7. The Kier molecular flexibility index (Phi) is 7.34. The van der Waals surface area contributed by atoms with Crippen LogP contribution in [0.15, 0.2) is 29.6 Å². The van der Waals surface area contributed by atoms with Gasteiger partial charge in [0.15, 0.2) is 0 Å². The maximum Gasteiger partial charge on any atom is 0.273 e. The van der Waals surface area contributed by atoms with Gasteiger partial charge in [-0.2, -0.15) is 0 Å². The topological polar surface area (TPSA) is 53.4 Å². The molecule has 1 aromatic heterocycles. The van der Waals surface area contributed by atoms with Gasteiger partial charge in [0.05, 0.1) is 5.01 Å². The summed E-state index contributed by atoms with van der Waals surface area (Å²) in [5.74, 6) is -0.374. The van der Waals surface area contributed by atoms with Crippen LogP contribution in [0.4, 0.5) is 4.39 Å². The second kappa shape index (κ2) is 9.49. The molecule has 1 aromatic carbocycles. The van der Waals surface area contributed by atoms with E-state index in [0.29, 0.717) is 37.2 Å². The zero-order chi connectivity index (χ0) is 17.4. The molecule has 0 spiro atoms. The van der Waals surface area contributed by atoms with Gasteiger partial charge in [0.2, 0.25) is 0 Å². The zero-order valence-corrected chi connectivity index (χ0v) is 14.7. The van der Waals surface area contributed by atoms with E-state index in [4.69, 9.17) is 5.11 Å². The van der Waals surface area contributed by atoms with Crippen molar-refractivity contribution in [3.8, 4) is 0 Å². The molecule has 4 nitrogen and oxygen atoms in total. The van der Waals surface area contributed by atoms with Gasteiger partial charge in [-0.25, -0.2) is 9.37 Å². The van der Waals surface area contributed by atoms with E-state index in [1.54, 1.807) is 28.5 Å². The molecule has 1 heterocycles. The lowest BCUT2D eigenvalue weighted by Crippen LogP contribution is -2.33. The zero-order valence-electron chi connectivity index (χ0n) is 13.9. The van der Waals surface area contributed by atoms with Gasteiger partial charge in [-0.3, -0.25) is 4.79 Å². The first-order chi connectivity index (χ1) is 11.7. The van der Waals surface area contributed by atoms with Gasteiger partial charge in [0.25, 0.3) is 5.91 Å². The fourth-order valence-electron chi connectivity index (χ4n) is 2.38. The summed E-state index contributed by atoms with van der Waals surface area (Å²) in [7, 11) is 0. The van der Waals surface area contributed by atoms with E-state index < -0.39 is 0 Å². The highest BCUT2D eigenvalue weighted by molar-refractivity contribution is 7.09. The van der Waals surface area contributed by atoms with Gasteiger partial charge in [-0.05, 0) is 24.5 Å². The van der Waals surface area contributed by atoms with Crippen molar-refractivity contribution in [3.05, 3.63) is 51.7 Å². The number of halogens is 1. The molecule has 0 aliphatic rings. The van der Waals surface area contributed by atoms with Crippen molar-refractivity contribution in [1.82, 2.24) is 9.88 Å². The molecule has 2 rings (SSSR count). The third-order valence-electron chi connectivity index (χ3n) is 3.73. The lowest BCUT2D eigenvalue weighted by Gasteiger charge is -2.21. The Morgan fingerprint density at radius 2 is 2.04 bits per heavy atom. The van der Waals surface area contributed by atoms with E-state index in [1.807, 2.05) is 0 Å². The number of aliphatic hydroxyl groups excluding tert-OH is 1. The molecule has 0 saturated carbocycles. The van der Waals surface area contributed by atoms with Crippen molar-refractivity contribution >= 4 is 17.2 Å². The van der Waals surface area contributed by atoms with Crippen molar-refractivity contribution in [2.45, 2.75) is 32.6 Å². The summed E-state index contributed by atoms with van der Waals surface area (Å²) in [4.78, 5) is 18.7. The number of benzene rings is 1. The molecule has 0 fully saturated rings. The Morgan fingerprint density at radius 1 is 1.29 bits per heavy atom. The van der Waals surface area contributed by atoms with Crippen LogP contribution in [0.3, 0.4) is 0 Å². The molecule has 24 heavy (non-hydrogen) atoms. The van der Waals surface area contributed by atoms with Crippen LogP contribution in [0.2, 0.25) is 0 Å². The van der Waals surface area contributed by atoms with Gasteiger partial charge in [0, 0.05) is 31.5 Å². The molecule has 0 atom stereocenters. The maximum atomic E-state index is 13.7. The fraction of sp³-hybridized carbons (Fsp3) is 0.444. The Labute approximate surface area is 146 Å². The van der Waals surface area contributed by atoms with Gasteiger partial charge in [-0.15, -0.1) is 11.3 Å². The number of aliphatic hydroxyl groups is 1. The molecule has 0 radical (unpaired) electrons. The minimum absolute atomic E-state index is 0.0610. The van der Waals surface area contributed by atoms with Gasteiger partial charge in [0.1, 0.15) is 11.5 Å². The van der Waals surface area contributed by atoms with Crippen molar-refractivity contribution < 1.29 is 14.3 Å². The van der Waals surface area contributed by atoms with Crippen LogP contribution in [0.5, 0.6) is 0 Å². The van der Waals surface area contributed by atoms with Crippen LogP contribution in [0.25, 0.3) is 0 Å². The minimum Gasteiger partial charge on any atom is -0.396 e.